The van der Waals surface area contributed by atoms with Crippen molar-refractivity contribution in [2.45, 2.75) is 154 Å². The summed E-state index contributed by atoms with van der Waals surface area (Å²) in [6.45, 7) is 8.16. The minimum atomic E-state index is -2.91. The van der Waals surface area contributed by atoms with Crippen molar-refractivity contribution in [2.24, 2.45) is 0 Å². The van der Waals surface area contributed by atoms with E-state index >= 15 is 0 Å². The van der Waals surface area contributed by atoms with Crippen LogP contribution in [-0.2, 0) is 18.6 Å². The van der Waals surface area contributed by atoms with Crippen molar-refractivity contribution >= 4 is 25.8 Å². The van der Waals surface area contributed by atoms with Gasteiger partial charge in [0.25, 0.3) is 0 Å². The van der Waals surface area contributed by atoms with E-state index in [1.54, 1.807) is 18.7 Å². The zero-order chi connectivity index (χ0) is 26.4. The molecule has 0 radical (unpaired) electrons. The number of aliphatic hydroxyl groups is 1. The molecular formula is C27H54O6PS+. The quantitative estimate of drug-likeness (QED) is 0.0647. The largest absolute Gasteiger partial charge is 0.589 e. The SMILES string of the molecule is CCCCCCCCCCCSC(CCCCCCCC)C(C)OC(O)(C(=O)O)[P+](=O)OCCC. The highest BCUT2D eigenvalue weighted by atomic mass is 32.2. The maximum absolute atomic E-state index is 12.4. The van der Waals surface area contributed by atoms with Crippen LogP contribution in [0.2, 0.25) is 0 Å². The van der Waals surface area contributed by atoms with Crippen LogP contribution in [0.3, 0.4) is 0 Å². The van der Waals surface area contributed by atoms with Crippen LogP contribution in [0.25, 0.3) is 0 Å². The van der Waals surface area contributed by atoms with Gasteiger partial charge in [0.2, 0.25) is 0 Å². The molecule has 0 aromatic carbocycles. The van der Waals surface area contributed by atoms with Gasteiger partial charge in [0.05, 0.1) is 6.10 Å². The van der Waals surface area contributed by atoms with E-state index < -0.39 is 25.6 Å². The fourth-order valence-corrected chi connectivity index (χ4v) is 6.26. The van der Waals surface area contributed by atoms with Crippen LogP contribution < -0.4 is 0 Å². The summed E-state index contributed by atoms with van der Waals surface area (Å²) < 4.78 is 23.0. The number of hydrogen-bond donors (Lipinski definition) is 2. The fourth-order valence-electron chi connectivity index (χ4n) is 4.00. The van der Waals surface area contributed by atoms with Crippen LogP contribution in [0.15, 0.2) is 0 Å². The highest BCUT2D eigenvalue weighted by molar-refractivity contribution is 7.99. The molecule has 0 fully saturated rings. The molecule has 2 N–H and O–H groups in total. The Morgan fingerprint density at radius 3 is 1.80 bits per heavy atom. The van der Waals surface area contributed by atoms with Gasteiger partial charge in [0.15, 0.2) is 0 Å². The predicted molar refractivity (Wildman–Crippen MR) is 148 cm³/mol. The van der Waals surface area contributed by atoms with Crippen LogP contribution in [0.4, 0.5) is 0 Å². The summed E-state index contributed by atoms with van der Waals surface area (Å²) in [5.74, 6) is -0.683. The van der Waals surface area contributed by atoms with Crippen molar-refractivity contribution in [3.63, 3.8) is 0 Å². The first-order valence-corrected chi connectivity index (χ1v) is 16.4. The molecule has 0 spiro atoms. The van der Waals surface area contributed by atoms with Crippen molar-refractivity contribution in [2.75, 3.05) is 12.4 Å². The summed E-state index contributed by atoms with van der Waals surface area (Å²) in [4.78, 5) is 11.7. The first-order chi connectivity index (χ1) is 16.8. The second-order valence-electron chi connectivity index (χ2n) is 9.62. The molecule has 0 amide bonds. The van der Waals surface area contributed by atoms with Gasteiger partial charge in [-0.15, -0.1) is 4.52 Å². The van der Waals surface area contributed by atoms with Gasteiger partial charge >= 0.3 is 19.5 Å². The number of ether oxygens (including phenoxy) is 1. The Kier molecular flexibility index (Phi) is 22.8. The highest BCUT2D eigenvalue weighted by Gasteiger charge is 2.61. The summed E-state index contributed by atoms with van der Waals surface area (Å²) in [5, 5.41) is 20.2. The topological polar surface area (TPSA) is 93.1 Å². The first kappa shape index (κ1) is 34.8. The molecule has 0 aliphatic carbocycles. The van der Waals surface area contributed by atoms with E-state index in [0.29, 0.717) is 6.42 Å². The molecule has 0 aliphatic rings. The molecule has 0 saturated carbocycles. The van der Waals surface area contributed by atoms with Gasteiger partial charge in [-0.05, 0) is 36.5 Å². The number of carboxylic acids is 1. The summed E-state index contributed by atoms with van der Waals surface area (Å²) in [7, 11) is -2.91. The van der Waals surface area contributed by atoms with E-state index in [-0.39, 0.29) is 11.9 Å². The zero-order valence-corrected chi connectivity index (χ0v) is 24.7. The molecule has 4 unspecified atom stereocenters. The van der Waals surface area contributed by atoms with Crippen molar-refractivity contribution in [3.8, 4) is 0 Å². The Hall–Kier alpha value is -0.200. The number of hydrogen-bond acceptors (Lipinski definition) is 6. The van der Waals surface area contributed by atoms with E-state index in [4.69, 9.17) is 9.26 Å². The third-order valence-corrected chi connectivity index (χ3v) is 9.01. The van der Waals surface area contributed by atoms with Gasteiger partial charge in [0, 0.05) is 5.25 Å². The molecule has 208 valence electrons. The van der Waals surface area contributed by atoms with Gasteiger partial charge in [-0.2, -0.15) is 11.8 Å². The van der Waals surface area contributed by atoms with Gasteiger partial charge in [-0.3, -0.25) is 4.74 Å². The number of unbranched alkanes of at least 4 members (excludes halogenated alkanes) is 13. The summed E-state index contributed by atoms with van der Waals surface area (Å²) in [5.41, 5.74) is -2.82. The number of aliphatic carboxylic acids is 1. The smallest absolute Gasteiger partial charge is 0.474 e. The van der Waals surface area contributed by atoms with Gasteiger partial charge in [0.1, 0.15) is 6.61 Å². The lowest BCUT2D eigenvalue weighted by molar-refractivity contribution is -0.203. The normalized spacial score (nSPS) is 15.5. The lowest BCUT2D eigenvalue weighted by Crippen LogP contribution is -2.43. The van der Waals surface area contributed by atoms with E-state index in [9.17, 15) is 19.6 Å². The van der Waals surface area contributed by atoms with Crippen LogP contribution in [0.1, 0.15) is 137 Å². The monoisotopic (exact) mass is 537 g/mol. The Morgan fingerprint density at radius 1 is 0.829 bits per heavy atom. The van der Waals surface area contributed by atoms with Gasteiger partial charge in [-0.25, -0.2) is 4.79 Å². The van der Waals surface area contributed by atoms with Crippen LogP contribution >= 0.6 is 19.8 Å². The Balaban J connectivity index is 4.72. The second-order valence-corrected chi connectivity index (χ2v) is 12.3. The number of thioether (sulfide) groups is 1. The molecule has 0 heterocycles. The third kappa shape index (κ3) is 17.0. The summed E-state index contributed by atoms with van der Waals surface area (Å²) in [6.07, 6.45) is 19.5. The lowest BCUT2D eigenvalue weighted by Gasteiger charge is -2.26. The van der Waals surface area contributed by atoms with Crippen molar-refractivity contribution in [1.82, 2.24) is 0 Å². The lowest BCUT2D eigenvalue weighted by atomic mass is 10.1. The Labute approximate surface area is 220 Å². The zero-order valence-electron chi connectivity index (χ0n) is 23.0. The van der Waals surface area contributed by atoms with Crippen molar-refractivity contribution < 1.29 is 28.8 Å². The van der Waals surface area contributed by atoms with Gasteiger partial charge in [-0.1, -0.05) is 111 Å². The molecule has 0 rings (SSSR count). The number of carbonyl (C=O) groups is 1. The number of rotatable bonds is 26. The molecule has 6 nitrogen and oxygen atoms in total. The maximum atomic E-state index is 12.4. The standard InChI is InChI=1S/C27H53O6PS/c1-5-8-10-12-14-15-16-18-20-23-35-25(21-19-17-13-11-9-6-2)24(4)33-27(30,26(28)29)34(31)32-22-7-3/h24-25,30H,5-23H2,1-4H3/p+1. The van der Waals surface area contributed by atoms with Gasteiger partial charge < -0.3 is 10.2 Å². The summed E-state index contributed by atoms with van der Waals surface area (Å²) >= 11 is 1.79. The number of carboxylic acid groups (broad SMARTS) is 1. The minimum absolute atomic E-state index is 0.0377. The van der Waals surface area contributed by atoms with E-state index in [1.165, 1.54) is 77.0 Å². The molecule has 0 aliphatic heterocycles. The van der Waals surface area contributed by atoms with Crippen LogP contribution in [0, 0.1) is 0 Å². The molecule has 0 bridgehead atoms. The van der Waals surface area contributed by atoms with E-state index in [2.05, 4.69) is 13.8 Å². The highest BCUT2D eigenvalue weighted by Crippen LogP contribution is 2.42. The van der Waals surface area contributed by atoms with Crippen LogP contribution in [-0.4, -0.2) is 45.4 Å². The fraction of sp³-hybridized carbons (Fsp3) is 0.963. The Bertz CT molecular complexity index is 536. The average molecular weight is 538 g/mol. The summed E-state index contributed by atoms with van der Waals surface area (Å²) in [6, 6.07) is 0. The molecule has 8 heteroatoms. The van der Waals surface area contributed by atoms with Crippen molar-refractivity contribution in [1.29, 1.82) is 0 Å². The molecule has 4 atom stereocenters. The van der Waals surface area contributed by atoms with Crippen LogP contribution in [0.5, 0.6) is 0 Å². The molecule has 0 aromatic heterocycles. The predicted octanol–water partition coefficient (Wildman–Crippen LogP) is 8.67. The minimum Gasteiger partial charge on any atom is -0.474 e. The van der Waals surface area contributed by atoms with E-state index in [1.807, 2.05) is 6.92 Å². The van der Waals surface area contributed by atoms with Crippen molar-refractivity contribution in [3.05, 3.63) is 0 Å². The molecule has 35 heavy (non-hydrogen) atoms. The molecule has 0 saturated heterocycles. The first-order valence-electron chi connectivity index (χ1n) is 14.2. The third-order valence-electron chi connectivity index (χ3n) is 6.23. The molecular weight excluding hydrogens is 483 g/mol. The second kappa shape index (κ2) is 23.0. The van der Waals surface area contributed by atoms with E-state index in [0.717, 1.165) is 31.4 Å². The Morgan fingerprint density at radius 2 is 1.31 bits per heavy atom. The average Bonchev–Trinajstić information content (AvgIpc) is 2.83. The molecule has 0 aromatic rings. The maximum Gasteiger partial charge on any atom is 0.589 e.